The zero-order chi connectivity index (χ0) is 22.2. The van der Waals surface area contributed by atoms with Gasteiger partial charge in [0.05, 0.1) is 0 Å². The van der Waals surface area contributed by atoms with Gasteiger partial charge in [0.2, 0.25) is 0 Å². The molecular formula is C25H40O5. The molecule has 0 aromatic carbocycles. The van der Waals surface area contributed by atoms with Gasteiger partial charge in [-0.15, -0.1) is 5.73 Å². The zero-order valence-electron chi connectivity index (χ0n) is 18.5. The summed E-state index contributed by atoms with van der Waals surface area (Å²) in [5.74, 6) is -4.01. The van der Waals surface area contributed by atoms with Crippen molar-refractivity contribution >= 4 is 11.8 Å². The van der Waals surface area contributed by atoms with Crippen LogP contribution in [0.3, 0.4) is 0 Å². The highest BCUT2D eigenvalue weighted by molar-refractivity contribution is 5.83. The average molecular weight is 421 g/mol. The van der Waals surface area contributed by atoms with Gasteiger partial charge in [0.15, 0.2) is 0 Å². The van der Waals surface area contributed by atoms with E-state index in [2.05, 4.69) is 24.8 Å². The summed E-state index contributed by atoms with van der Waals surface area (Å²) >= 11 is 0. The zero-order valence-corrected chi connectivity index (χ0v) is 18.5. The Morgan fingerprint density at radius 1 is 1.07 bits per heavy atom. The number of carbonyl (C=O) groups is 2. The second-order valence-corrected chi connectivity index (χ2v) is 8.46. The molecule has 3 N–H and O–H groups in total. The Morgan fingerprint density at radius 3 is 2.33 bits per heavy atom. The second-order valence-electron chi connectivity index (χ2n) is 8.46. The number of unbranched alkanes of at least 4 members (excludes halogenated alkanes) is 9. The van der Waals surface area contributed by atoms with E-state index in [1.165, 1.54) is 63.9 Å². The number of carboxylic acid groups (broad SMARTS) is 1. The Bertz CT molecular complexity index is 599. The van der Waals surface area contributed by atoms with Crippen molar-refractivity contribution in [1.82, 2.24) is 0 Å². The lowest BCUT2D eigenvalue weighted by atomic mass is 9.91. The highest BCUT2D eigenvalue weighted by Gasteiger charge is 2.32. The molecule has 0 heterocycles. The van der Waals surface area contributed by atoms with Crippen LogP contribution in [0.4, 0.5) is 0 Å². The molecule has 170 valence electrons. The van der Waals surface area contributed by atoms with Crippen LogP contribution < -0.4 is 0 Å². The van der Waals surface area contributed by atoms with E-state index in [0.29, 0.717) is 12.8 Å². The number of carbonyl (C=O) groups excluding carboxylic acids is 1. The third-order valence-electron chi connectivity index (χ3n) is 5.85. The fourth-order valence-electron chi connectivity index (χ4n) is 3.88. The molecule has 0 bridgehead atoms. The maximum atomic E-state index is 12.1. The van der Waals surface area contributed by atoms with Crippen molar-refractivity contribution < 1.29 is 24.9 Å². The lowest BCUT2D eigenvalue weighted by Crippen LogP contribution is -2.37. The molecule has 0 unspecified atom stereocenters. The summed E-state index contributed by atoms with van der Waals surface area (Å²) in [6, 6.07) is 0. The lowest BCUT2D eigenvalue weighted by molar-refractivity contribution is -0.201. The lowest BCUT2D eigenvalue weighted by Gasteiger charge is -2.13. The van der Waals surface area contributed by atoms with Gasteiger partial charge in [-0.3, -0.25) is 4.79 Å². The first-order valence-corrected chi connectivity index (χ1v) is 11.7. The molecule has 0 aromatic rings. The fourth-order valence-corrected chi connectivity index (χ4v) is 3.88. The Kier molecular flexibility index (Phi) is 13.3. The molecule has 0 aliphatic heterocycles. The minimum absolute atomic E-state index is 0.0576. The summed E-state index contributed by atoms with van der Waals surface area (Å²) in [5.41, 5.74) is 2.77. The molecule has 5 heteroatoms. The maximum Gasteiger partial charge on any atom is 0.364 e. The van der Waals surface area contributed by atoms with Crippen molar-refractivity contribution in [2.24, 2.45) is 11.8 Å². The normalized spacial score (nSPS) is 19.2. The summed E-state index contributed by atoms with van der Waals surface area (Å²) in [5, 5.41) is 27.1. The number of Topliss-reactive ketones (excluding diaryl/α,β-unsaturated/α-hetero) is 1. The van der Waals surface area contributed by atoms with Crippen LogP contribution in [0.5, 0.6) is 0 Å². The van der Waals surface area contributed by atoms with E-state index in [1.807, 2.05) is 0 Å². The third kappa shape index (κ3) is 10.9. The maximum absolute atomic E-state index is 12.1. The number of allylic oxidation sites excluding steroid dienone is 2. The van der Waals surface area contributed by atoms with Gasteiger partial charge in [0.1, 0.15) is 5.78 Å². The van der Waals surface area contributed by atoms with E-state index >= 15 is 0 Å². The second kappa shape index (κ2) is 15.2. The monoisotopic (exact) mass is 420 g/mol. The van der Waals surface area contributed by atoms with E-state index in [4.69, 9.17) is 5.11 Å². The topological polar surface area (TPSA) is 94.8 Å². The summed E-state index contributed by atoms with van der Waals surface area (Å²) < 4.78 is 0. The largest absolute Gasteiger partial charge is 0.477 e. The predicted octanol–water partition coefficient (Wildman–Crippen LogP) is 5.32. The van der Waals surface area contributed by atoms with Crippen molar-refractivity contribution in [1.29, 1.82) is 0 Å². The van der Waals surface area contributed by atoms with Gasteiger partial charge in [-0.25, -0.2) is 4.79 Å². The van der Waals surface area contributed by atoms with Gasteiger partial charge >= 0.3 is 5.97 Å². The Balaban J connectivity index is 2.26. The fraction of sp³-hybridized carbons (Fsp3) is 0.720. The SMILES string of the molecule is CCCCCCCCCCCC=C[C@H]1CCC(=O)[C@@H]1CC=C=CCC(O)(O)C(=O)O. The number of rotatable bonds is 16. The van der Waals surface area contributed by atoms with Crippen LogP contribution in [0.1, 0.15) is 96.8 Å². The van der Waals surface area contributed by atoms with Gasteiger partial charge in [0, 0.05) is 18.8 Å². The highest BCUT2D eigenvalue weighted by atomic mass is 16.5. The van der Waals surface area contributed by atoms with Crippen LogP contribution in [-0.2, 0) is 9.59 Å². The van der Waals surface area contributed by atoms with E-state index in [-0.39, 0.29) is 17.6 Å². The van der Waals surface area contributed by atoms with Crippen LogP contribution in [0.2, 0.25) is 0 Å². The summed E-state index contributed by atoms with van der Waals surface area (Å²) in [7, 11) is 0. The molecule has 5 nitrogen and oxygen atoms in total. The summed E-state index contributed by atoms with van der Waals surface area (Å²) in [6.45, 7) is 2.24. The van der Waals surface area contributed by atoms with Crippen LogP contribution >= 0.6 is 0 Å². The Labute approximate surface area is 181 Å². The standard InChI is InChI=1S/C25H40O5/c1-2-3-4-5-6-7-8-9-10-11-13-16-21-18-19-23(26)22(21)17-14-12-15-20-25(29,30)24(27)28/h13-16,21-22,29-30H,2-11,17-20H2,1H3,(H,27,28)/t12?,21-,22+/m0/s1. The molecule has 30 heavy (non-hydrogen) atoms. The smallest absolute Gasteiger partial charge is 0.364 e. The van der Waals surface area contributed by atoms with Crippen molar-refractivity contribution in [2.45, 2.75) is 103 Å². The van der Waals surface area contributed by atoms with E-state index < -0.39 is 18.2 Å². The molecule has 0 aromatic heterocycles. The molecule has 0 amide bonds. The molecule has 0 radical (unpaired) electrons. The number of aliphatic carboxylic acids is 1. The molecule has 1 fully saturated rings. The summed E-state index contributed by atoms with van der Waals surface area (Å²) in [4.78, 5) is 22.8. The van der Waals surface area contributed by atoms with E-state index in [9.17, 15) is 19.8 Å². The van der Waals surface area contributed by atoms with Crippen LogP contribution in [0.15, 0.2) is 30.0 Å². The summed E-state index contributed by atoms with van der Waals surface area (Å²) in [6.07, 6.45) is 21.9. The molecule has 1 aliphatic rings. The number of ketones is 1. The first kappa shape index (κ1) is 26.4. The number of hydrogen-bond acceptors (Lipinski definition) is 4. The van der Waals surface area contributed by atoms with Crippen molar-refractivity contribution in [3.8, 4) is 0 Å². The minimum Gasteiger partial charge on any atom is -0.477 e. The van der Waals surface area contributed by atoms with Gasteiger partial charge in [-0.1, -0.05) is 70.4 Å². The van der Waals surface area contributed by atoms with E-state index in [0.717, 1.165) is 12.8 Å². The molecule has 1 saturated carbocycles. The van der Waals surface area contributed by atoms with Gasteiger partial charge in [0.25, 0.3) is 5.79 Å². The number of aliphatic hydroxyl groups is 2. The first-order chi connectivity index (χ1) is 14.4. The Hall–Kier alpha value is -1.68. The van der Waals surface area contributed by atoms with Crippen LogP contribution in [-0.4, -0.2) is 32.9 Å². The molecule has 0 saturated heterocycles. The molecule has 1 rings (SSSR count). The molecule has 1 aliphatic carbocycles. The van der Waals surface area contributed by atoms with Crippen molar-refractivity contribution in [3.05, 3.63) is 30.0 Å². The first-order valence-electron chi connectivity index (χ1n) is 11.7. The highest BCUT2D eigenvalue weighted by Crippen LogP contribution is 2.32. The van der Waals surface area contributed by atoms with Gasteiger partial charge < -0.3 is 15.3 Å². The molecular weight excluding hydrogens is 380 g/mol. The molecule has 2 atom stereocenters. The quantitative estimate of drug-likeness (QED) is 0.136. The Morgan fingerprint density at radius 2 is 1.70 bits per heavy atom. The number of hydrogen-bond donors (Lipinski definition) is 3. The average Bonchev–Trinajstić information content (AvgIpc) is 3.05. The van der Waals surface area contributed by atoms with Crippen LogP contribution in [0, 0.1) is 11.8 Å². The predicted molar refractivity (Wildman–Crippen MR) is 119 cm³/mol. The third-order valence-corrected chi connectivity index (χ3v) is 5.85. The van der Waals surface area contributed by atoms with Gasteiger partial charge in [-0.05, 0) is 43.8 Å². The number of carboxylic acids is 1. The minimum atomic E-state index is -2.77. The van der Waals surface area contributed by atoms with E-state index in [1.54, 1.807) is 6.08 Å². The molecule has 0 spiro atoms. The van der Waals surface area contributed by atoms with Crippen LogP contribution in [0.25, 0.3) is 0 Å². The van der Waals surface area contributed by atoms with Crippen molar-refractivity contribution in [2.75, 3.05) is 0 Å². The van der Waals surface area contributed by atoms with Gasteiger partial charge in [-0.2, -0.15) is 0 Å². The van der Waals surface area contributed by atoms with Crippen molar-refractivity contribution in [3.63, 3.8) is 0 Å².